The first kappa shape index (κ1) is 11.6. The van der Waals surface area contributed by atoms with Crippen LogP contribution in [0.3, 0.4) is 0 Å². The molecule has 1 unspecified atom stereocenters. The van der Waals surface area contributed by atoms with E-state index < -0.39 is 0 Å². The predicted molar refractivity (Wildman–Crippen MR) is 73.8 cm³/mol. The Labute approximate surface area is 110 Å². The molecule has 94 valence electrons. The maximum absolute atomic E-state index is 5.20. The largest absolute Gasteiger partial charge is 0.423 e. The van der Waals surface area contributed by atoms with Crippen molar-refractivity contribution in [2.45, 2.75) is 19.4 Å². The molecule has 1 saturated heterocycles. The predicted octanol–water partition coefficient (Wildman–Crippen LogP) is 2.96. The highest BCUT2D eigenvalue weighted by atomic mass is 32.2. The van der Waals surface area contributed by atoms with Gasteiger partial charge in [0.1, 0.15) is 0 Å². The van der Waals surface area contributed by atoms with Gasteiger partial charge in [-0.05, 0) is 42.9 Å². The van der Waals surface area contributed by atoms with Gasteiger partial charge >= 0.3 is 0 Å². The molecule has 0 bridgehead atoms. The normalized spacial score (nSPS) is 19.1. The first-order chi connectivity index (χ1) is 8.83. The lowest BCUT2D eigenvalue weighted by atomic mass is 10.1. The molecule has 1 aliphatic heterocycles. The Morgan fingerprint density at radius 3 is 3.06 bits per heavy atom. The van der Waals surface area contributed by atoms with Gasteiger partial charge in [0.15, 0.2) is 0 Å². The molecule has 0 aliphatic carbocycles. The minimum absolute atomic E-state index is 0.570. The molecule has 0 saturated carbocycles. The third-order valence-electron chi connectivity index (χ3n) is 3.12. The van der Waals surface area contributed by atoms with Crippen LogP contribution >= 0.6 is 11.8 Å². The molecule has 5 heteroatoms. The van der Waals surface area contributed by atoms with Crippen molar-refractivity contribution in [2.24, 2.45) is 0 Å². The van der Waals surface area contributed by atoms with E-state index in [1.165, 1.54) is 35.6 Å². The first-order valence-electron chi connectivity index (χ1n) is 6.04. The van der Waals surface area contributed by atoms with Gasteiger partial charge in [-0.25, -0.2) is 0 Å². The van der Waals surface area contributed by atoms with Crippen LogP contribution in [0.15, 0.2) is 29.0 Å². The van der Waals surface area contributed by atoms with Crippen LogP contribution < -0.4 is 5.32 Å². The van der Waals surface area contributed by atoms with E-state index in [-0.39, 0.29) is 0 Å². The SMILES string of the molecule is Cc1cc(-c2nnco2)ccc1NC1CCSC1. The second kappa shape index (κ2) is 5.02. The molecule has 0 amide bonds. The number of thioether (sulfide) groups is 1. The highest BCUT2D eigenvalue weighted by Crippen LogP contribution is 2.26. The number of rotatable bonds is 3. The zero-order valence-electron chi connectivity index (χ0n) is 10.2. The van der Waals surface area contributed by atoms with Crippen LogP contribution in [-0.2, 0) is 0 Å². The summed E-state index contributed by atoms with van der Waals surface area (Å²) >= 11 is 2.01. The standard InChI is InChI=1S/C13H15N3OS/c1-9-6-10(13-16-14-8-17-13)2-3-12(9)15-11-4-5-18-7-11/h2-3,6,8,11,15H,4-5,7H2,1H3. The van der Waals surface area contributed by atoms with Gasteiger partial charge in [-0.1, -0.05) is 0 Å². The van der Waals surface area contributed by atoms with Crippen molar-refractivity contribution in [3.63, 3.8) is 0 Å². The lowest BCUT2D eigenvalue weighted by Crippen LogP contribution is -2.18. The number of nitrogens with one attached hydrogen (secondary N) is 1. The molecular formula is C13H15N3OS. The molecule has 1 aromatic heterocycles. The minimum Gasteiger partial charge on any atom is -0.423 e. The third-order valence-corrected chi connectivity index (χ3v) is 4.29. The number of anilines is 1. The van der Waals surface area contributed by atoms with Crippen molar-refractivity contribution in [1.29, 1.82) is 0 Å². The molecule has 4 nitrogen and oxygen atoms in total. The average Bonchev–Trinajstić information content (AvgIpc) is 3.04. The molecule has 1 aromatic carbocycles. The van der Waals surface area contributed by atoms with Gasteiger partial charge in [0.2, 0.25) is 12.3 Å². The molecule has 2 heterocycles. The zero-order valence-corrected chi connectivity index (χ0v) is 11.0. The fourth-order valence-electron chi connectivity index (χ4n) is 2.13. The summed E-state index contributed by atoms with van der Waals surface area (Å²) in [5.41, 5.74) is 3.38. The molecule has 18 heavy (non-hydrogen) atoms. The van der Waals surface area contributed by atoms with Crippen LogP contribution in [-0.4, -0.2) is 27.7 Å². The molecule has 3 rings (SSSR count). The topological polar surface area (TPSA) is 51.0 Å². The zero-order chi connectivity index (χ0) is 12.4. The summed E-state index contributed by atoms with van der Waals surface area (Å²) in [5.74, 6) is 3.03. The summed E-state index contributed by atoms with van der Waals surface area (Å²) in [7, 11) is 0. The monoisotopic (exact) mass is 261 g/mol. The van der Waals surface area contributed by atoms with Crippen LogP contribution in [0.25, 0.3) is 11.5 Å². The van der Waals surface area contributed by atoms with Crippen molar-refractivity contribution in [1.82, 2.24) is 10.2 Å². The van der Waals surface area contributed by atoms with Gasteiger partial charge in [0.05, 0.1) is 0 Å². The Morgan fingerprint density at radius 2 is 2.39 bits per heavy atom. The summed E-state index contributed by atoms with van der Waals surface area (Å²) in [6.45, 7) is 2.10. The van der Waals surface area contributed by atoms with E-state index in [2.05, 4.69) is 34.6 Å². The van der Waals surface area contributed by atoms with Crippen molar-refractivity contribution in [2.75, 3.05) is 16.8 Å². The van der Waals surface area contributed by atoms with E-state index in [0.717, 1.165) is 5.56 Å². The van der Waals surface area contributed by atoms with Gasteiger partial charge in [0, 0.05) is 23.0 Å². The molecular weight excluding hydrogens is 246 g/mol. The van der Waals surface area contributed by atoms with Gasteiger partial charge in [-0.15, -0.1) is 10.2 Å². The van der Waals surface area contributed by atoms with Gasteiger partial charge < -0.3 is 9.73 Å². The van der Waals surface area contributed by atoms with E-state index in [9.17, 15) is 0 Å². The van der Waals surface area contributed by atoms with Crippen LogP contribution in [0, 0.1) is 6.92 Å². The minimum atomic E-state index is 0.570. The van der Waals surface area contributed by atoms with Crippen LogP contribution in [0.5, 0.6) is 0 Å². The van der Waals surface area contributed by atoms with Crippen molar-refractivity contribution in [3.05, 3.63) is 30.2 Å². The number of hydrogen-bond donors (Lipinski definition) is 1. The number of nitrogens with zero attached hydrogens (tertiary/aromatic N) is 2. The molecule has 0 radical (unpaired) electrons. The quantitative estimate of drug-likeness (QED) is 0.920. The number of aryl methyl sites for hydroxylation is 1. The maximum atomic E-state index is 5.20. The molecule has 1 aliphatic rings. The van der Waals surface area contributed by atoms with Gasteiger partial charge in [0.25, 0.3) is 0 Å². The Hall–Kier alpha value is -1.49. The van der Waals surface area contributed by atoms with E-state index in [1.54, 1.807) is 0 Å². The lowest BCUT2D eigenvalue weighted by Gasteiger charge is -2.15. The van der Waals surface area contributed by atoms with Crippen LogP contribution in [0.4, 0.5) is 5.69 Å². The first-order valence-corrected chi connectivity index (χ1v) is 7.20. The fourth-order valence-corrected chi connectivity index (χ4v) is 3.28. The van der Waals surface area contributed by atoms with E-state index in [0.29, 0.717) is 11.9 Å². The smallest absolute Gasteiger partial charge is 0.247 e. The summed E-state index contributed by atoms with van der Waals surface area (Å²) < 4.78 is 5.20. The van der Waals surface area contributed by atoms with E-state index in [1.807, 2.05) is 17.8 Å². The molecule has 1 N–H and O–H groups in total. The van der Waals surface area contributed by atoms with Gasteiger partial charge in [-0.3, -0.25) is 0 Å². The molecule has 1 fully saturated rings. The maximum Gasteiger partial charge on any atom is 0.247 e. The fraction of sp³-hybridized carbons (Fsp3) is 0.385. The highest BCUT2D eigenvalue weighted by molar-refractivity contribution is 7.99. The average molecular weight is 261 g/mol. The Morgan fingerprint density at radius 1 is 1.44 bits per heavy atom. The Balaban J connectivity index is 1.80. The number of aromatic nitrogens is 2. The van der Waals surface area contributed by atoms with E-state index >= 15 is 0 Å². The third kappa shape index (κ3) is 2.36. The van der Waals surface area contributed by atoms with Crippen LogP contribution in [0.1, 0.15) is 12.0 Å². The van der Waals surface area contributed by atoms with Gasteiger partial charge in [-0.2, -0.15) is 11.8 Å². The second-order valence-corrected chi connectivity index (χ2v) is 5.63. The van der Waals surface area contributed by atoms with Crippen LogP contribution in [0.2, 0.25) is 0 Å². The number of hydrogen-bond acceptors (Lipinski definition) is 5. The van der Waals surface area contributed by atoms with E-state index in [4.69, 9.17) is 4.42 Å². The summed E-state index contributed by atoms with van der Waals surface area (Å²) in [6, 6.07) is 6.80. The van der Waals surface area contributed by atoms with Crippen molar-refractivity contribution >= 4 is 17.4 Å². The molecule has 2 aromatic rings. The summed E-state index contributed by atoms with van der Waals surface area (Å²) in [6.07, 6.45) is 2.60. The summed E-state index contributed by atoms with van der Waals surface area (Å²) in [5, 5.41) is 11.2. The Bertz CT molecular complexity index is 521. The second-order valence-electron chi connectivity index (χ2n) is 4.48. The lowest BCUT2D eigenvalue weighted by molar-refractivity contribution is 0.568. The van der Waals surface area contributed by atoms with Crippen molar-refractivity contribution < 1.29 is 4.42 Å². The highest BCUT2D eigenvalue weighted by Gasteiger charge is 2.16. The summed E-state index contributed by atoms with van der Waals surface area (Å²) in [4.78, 5) is 0. The van der Waals surface area contributed by atoms with Crippen molar-refractivity contribution in [3.8, 4) is 11.5 Å². The molecule has 0 spiro atoms. The Kier molecular flexibility index (Phi) is 3.23. The molecule has 1 atom stereocenters. The number of benzene rings is 1.